The van der Waals surface area contributed by atoms with Gasteiger partial charge in [0, 0.05) is 17.3 Å². The highest BCUT2D eigenvalue weighted by Crippen LogP contribution is 2.47. The molecule has 2 fully saturated rings. The van der Waals surface area contributed by atoms with Crippen LogP contribution in [0.25, 0.3) is 0 Å². The van der Waals surface area contributed by atoms with Crippen molar-refractivity contribution in [1.29, 1.82) is 0 Å². The molecule has 1 saturated heterocycles. The van der Waals surface area contributed by atoms with Gasteiger partial charge in [-0.3, -0.25) is 4.79 Å². The number of carbonyl (C=O) groups excluding carboxylic acids is 1. The molecule has 5 heteroatoms. The first-order chi connectivity index (χ1) is 10.1. The van der Waals surface area contributed by atoms with E-state index in [9.17, 15) is 4.79 Å². The maximum atomic E-state index is 12.5. The first-order valence-electron chi connectivity index (χ1n) is 7.40. The third kappa shape index (κ3) is 2.31. The molecular weight excluding hydrogens is 336 g/mol. The first-order valence-corrected chi connectivity index (χ1v) is 8.19. The third-order valence-corrected chi connectivity index (χ3v) is 5.28. The van der Waals surface area contributed by atoms with Crippen LogP contribution in [0, 0.1) is 0 Å². The predicted molar refractivity (Wildman–Crippen MR) is 79.6 cm³/mol. The molecule has 112 valence electrons. The molecule has 0 amide bonds. The summed E-state index contributed by atoms with van der Waals surface area (Å²) in [5.41, 5.74) is 0.307. The molecule has 3 aliphatic rings. The SMILES string of the molecule is O=C1CC2(CCC3(CC2)OCCO3)Oc2ccc(Br)cc21. The van der Waals surface area contributed by atoms with Gasteiger partial charge in [-0.1, -0.05) is 15.9 Å². The molecule has 1 aromatic rings. The quantitative estimate of drug-likeness (QED) is 0.717. The molecule has 0 aromatic heterocycles. The summed E-state index contributed by atoms with van der Waals surface area (Å²) < 4.78 is 18.7. The molecule has 2 aliphatic heterocycles. The van der Waals surface area contributed by atoms with Crippen molar-refractivity contribution in [2.45, 2.75) is 43.5 Å². The van der Waals surface area contributed by atoms with E-state index in [0.29, 0.717) is 30.9 Å². The zero-order valence-corrected chi connectivity index (χ0v) is 13.3. The summed E-state index contributed by atoms with van der Waals surface area (Å²) >= 11 is 3.41. The highest BCUT2D eigenvalue weighted by Gasteiger charge is 2.50. The van der Waals surface area contributed by atoms with Gasteiger partial charge in [-0.2, -0.15) is 0 Å². The van der Waals surface area contributed by atoms with Gasteiger partial charge in [0.25, 0.3) is 0 Å². The van der Waals surface area contributed by atoms with Gasteiger partial charge in [0.15, 0.2) is 11.6 Å². The number of carbonyl (C=O) groups is 1. The lowest BCUT2D eigenvalue weighted by Crippen LogP contribution is -2.49. The van der Waals surface area contributed by atoms with Crippen LogP contribution in [0.1, 0.15) is 42.5 Å². The predicted octanol–water partition coefficient (Wildman–Crippen LogP) is 3.47. The third-order valence-electron chi connectivity index (χ3n) is 4.79. The minimum absolute atomic E-state index is 0.168. The Bertz CT molecular complexity index is 582. The molecule has 2 spiro atoms. The number of Topliss-reactive ketones (excluding diaryl/α,β-unsaturated/α-hetero) is 1. The van der Waals surface area contributed by atoms with Crippen LogP contribution >= 0.6 is 15.9 Å². The second-order valence-corrected chi connectivity index (χ2v) is 7.05. The molecule has 2 heterocycles. The number of benzene rings is 1. The number of hydrogen-bond donors (Lipinski definition) is 0. The van der Waals surface area contributed by atoms with Gasteiger partial charge >= 0.3 is 0 Å². The number of hydrogen-bond acceptors (Lipinski definition) is 4. The van der Waals surface area contributed by atoms with Gasteiger partial charge in [0.2, 0.25) is 0 Å². The van der Waals surface area contributed by atoms with Crippen molar-refractivity contribution in [1.82, 2.24) is 0 Å². The van der Waals surface area contributed by atoms with Gasteiger partial charge < -0.3 is 14.2 Å². The maximum Gasteiger partial charge on any atom is 0.170 e. The summed E-state index contributed by atoms with van der Waals surface area (Å²) in [6.45, 7) is 1.34. The Hall–Kier alpha value is -0.910. The second-order valence-electron chi connectivity index (χ2n) is 6.13. The minimum Gasteiger partial charge on any atom is -0.486 e. The Morgan fingerprint density at radius 3 is 2.48 bits per heavy atom. The van der Waals surface area contributed by atoms with E-state index in [-0.39, 0.29) is 11.4 Å². The number of rotatable bonds is 0. The van der Waals surface area contributed by atoms with Crippen molar-refractivity contribution < 1.29 is 19.0 Å². The van der Waals surface area contributed by atoms with Crippen LogP contribution in [0.15, 0.2) is 22.7 Å². The van der Waals surface area contributed by atoms with Crippen LogP contribution in [0.4, 0.5) is 0 Å². The molecular formula is C16H17BrO4. The number of ether oxygens (including phenoxy) is 3. The van der Waals surface area contributed by atoms with E-state index < -0.39 is 5.79 Å². The summed E-state index contributed by atoms with van der Waals surface area (Å²) in [5.74, 6) is 0.456. The lowest BCUT2D eigenvalue weighted by molar-refractivity contribution is -0.199. The topological polar surface area (TPSA) is 44.8 Å². The van der Waals surface area contributed by atoms with Gasteiger partial charge in [0.05, 0.1) is 25.2 Å². The van der Waals surface area contributed by atoms with Crippen LogP contribution in [0.2, 0.25) is 0 Å². The minimum atomic E-state index is -0.419. The molecule has 0 atom stereocenters. The normalized spacial score (nSPS) is 25.9. The largest absolute Gasteiger partial charge is 0.486 e. The van der Waals surface area contributed by atoms with E-state index in [1.54, 1.807) is 0 Å². The van der Waals surface area contributed by atoms with Crippen LogP contribution in [-0.4, -0.2) is 30.4 Å². The zero-order chi connectivity index (χ0) is 14.5. The van der Waals surface area contributed by atoms with Crippen LogP contribution in [0.3, 0.4) is 0 Å². The summed E-state index contributed by atoms with van der Waals surface area (Å²) in [5, 5.41) is 0. The van der Waals surface area contributed by atoms with Crippen molar-refractivity contribution >= 4 is 21.7 Å². The van der Waals surface area contributed by atoms with E-state index in [2.05, 4.69) is 15.9 Å². The van der Waals surface area contributed by atoms with Crippen molar-refractivity contribution in [2.75, 3.05) is 13.2 Å². The van der Waals surface area contributed by atoms with Crippen molar-refractivity contribution in [3.63, 3.8) is 0 Å². The van der Waals surface area contributed by atoms with E-state index in [4.69, 9.17) is 14.2 Å². The Balaban J connectivity index is 1.58. The number of ketones is 1. The van der Waals surface area contributed by atoms with Crippen molar-refractivity contribution in [3.8, 4) is 5.75 Å². The Morgan fingerprint density at radius 1 is 1.05 bits per heavy atom. The molecule has 1 aliphatic carbocycles. The van der Waals surface area contributed by atoms with Gasteiger partial charge in [-0.25, -0.2) is 0 Å². The van der Waals surface area contributed by atoms with Crippen LogP contribution in [0.5, 0.6) is 5.75 Å². The molecule has 0 N–H and O–H groups in total. The Labute approximate surface area is 131 Å². The molecule has 0 unspecified atom stereocenters. The van der Waals surface area contributed by atoms with E-state index in [1.165, 1.54) is 0 Å². The fourth-order valence-electron chi connectivity index (χ4n) is 3.62. The molecule has 0 radical (unpaired) electrons. The molecule has 0 bridgehead atoms. The first kappa shape index (κ1) is 13.7. The smallest absolute Gasteiger partial charge is 0.170 e. The highest BCUT2D eigenvalue weighted by molar-refractivity contribution is 9.10. The lowest BCUT2D eigenvalue weighted by atomic mass is 9.76. The van der Waals surface area contributed by atoms with Crippen LogP contribution in [-0.2, 0) is 9.47 Å². The fourth-order valence-corrected chi connectivity index (χ4v) is 3.98. The van der Waals surface area contributed by atoms with Gasteiger partial charge in [-0.05, 0) is 31.0 Å². The Kier molecular flexibility index (Phi) is 3.14. The zero-order valence-electron chi connectivity index (χ0n) is 11.7. The average Bonchev–Trinajstić information content (AvgIpc) is 2.93. The molecule has 4 rings (SSSR count). The fraction of sp³-hybridized carbons (Fsp3) is 0.562. The summed E-state index contributed by atoms with van der Waals surface area (Å²) in [6.07, 6.45) is 3.65. The van der Waals surface area contributed by atoms with E-state index >= 15 is 0 Å². The van der Waals surface area contributed by atoms with Crippen molar-refractivity contribution in [2.24, 2.45) is 0 Å². The standard InChI is InChI=1S/C16H17BrO4/c17-11-1-2-14-12(9-11)13(18)10-15(21-14)3-5-16(6-4-15)19-7-8-20-16/h1-2,9H,3-8,10H2. The van der Waals surface area contributed by atoms with E-state index in [1.807, 2.05) is 18.2 Å². The van der Waals surface area contributed by atoms with Gasteiger partial charge in [0.1, 0.15) is 11.4 Å². The number of halogens is 1. The monoisotopic (exact) mass is 352 g/mol. The van der Waals surface area contributed by atoms with Crippen molar-refractivity contribution in [3.05, 3.63) is 28.2 Å². The highest BCUT2D eigenvalue weighted by atomic mass is 79.9. The maximum absolute atomic E-state index is 12.5. The molecule has 21 heavy (non-hydrogen) atoms. The second kappa shape index (κ2) is 4.80. The van der Waals surface area contributed by atoms with E-state index in [0.717, 1.165) is 30.2 Å². The average molecular weight is 353 g/mol. The van der Waals surface area contributed by atoms with Crippen LogP contribution < -0.4 is 4.74 Å². The molecule has 1 saturated carbocycles. The lowest BCUT2D eigenvalue weighted by Gasteiger charge is -2.45. The summed E-state index contributed by atoms with van der Waals surface area (Å²) in [7, 11) is 0. The Morgan fingerprint density at radius 2 is 1.76 bits per heavy atom. The summed E-state index contributed by atoms with van der Waals surface area (Å²) in [6, 6.07) is 5.64. The molecule has 1 aromatic carbocycles. The number of fused-ring (bicyclic) bond motifs is 1. The molecule has 4 nitrogen and oxygen atoms in total. The van der Waals surface area contributed by atoms with Gasteiger partial charge in [-0.15, -0.1) is 0 Å². The summed E-state index contributed by atoms with van der Waals surface area (Å²) in [4.78, 5) is 12.5.